The van der Waals surface area contributed by atoms with Gasteiger partial charge in [-0.05, 0) is 48.1 Å². The van der Waals surface area contributed by atoms with E-state index >= 15 is 0 Å². The van der Waals surface area contributed by atoms with E-state index in [1.54, 1.807) is 13.0 Å². The molecule has 29 heavy (non-hydrogen) atoms. The molecule has 0 atom stereocenters. The van der Waals surface area contributed by atoms with Gasteiger partial charge in [0.25, 0.3) is 0 Å². The average molecular weight is 396 g/mol. The van der Waals surface area contributed by atoms with Crippen LogP contribution >= 0.6 is 0 Å². The lowest BCUT2D eigenvalue weighted by molar-refractivity contribution is -0.141. The van der Waals surface area contributed by atoms with E-state index in [1.807, 2.05) is 43.3 Å². The fourth-order valence-corrected chi connectivity index (χ4v) is 3.00. The monoisotopic (exact) mass is 396 g/mol. The summed E-state index contributed by atoms with van der Waals surface area (Å²) in [7, 11) is 0. The molecule has 2 aromatic carbocycles. The zero-order chi connectivity index (χ0) is 21.6. The molecule has 0 amide bonds. The molecule has 0 heterocycles. The number of carbonyl (C=O) groups is 2. The lowest BCUT2D eigenvalue weighted by Gasteiger charge is -2.24. The van der Waals surface area contributed by atoms with Crippen molar-refractivity contribution in [3.63, 3.8) is 0 Å². The summed E-state index contributed by atoms with van der Waals surface area (Å²) in [5.41, 5.74) is 3.04. The first-order valence-corrected chi connectivity index (χ1v) is 9.57. The van der Waals surface area contributed by atoms with E-state index in [4.69, 9.17) is 9.47 Å². The van der Waals surface area contributed by atoms with Gasteiger partial charge in [0.05, 0.1) is 12.2 Å². The van der Waals surface area contributed by atoms with Gasteiger partial charge >= 0.3 is 5.97 Å². The minimum Gasteiger partial charge on any atom is -0.502 e. The van der Waals surface area contributed by atoms with Gasteiger partial charge in [-0.25, -0.2) is 4.79 Å². The van der Waals surface area contributed by atoms with Crippen LogP contribution in [0.25, 0.3) is 0 Å². The van der Waals surface area contributed by atoms with Crippen LogP contribution in [-0.4, -0.2) is 23.5 Å². The fourth-order valence-electron chi connectivity index (χ4n) is 3.00. The van der Waals surface area contributed by atoms with Crippen LogP contribution in [0.15, 0.2) is 54.3 Å². The molecule has 0 bridgehead atoms. The Morgan fingerprint density at radius 2 is 1.76 bits per heavy atom. The number of carbonyl (C=O) groups excluding carboxylic acids is 2. The number of allylic oxidation sites excluding steroid dienone is 1. The van der Waals surface area contributed by atoms with Crippen LogP contribution in [0, 0.1) is 6.92 Å². The maximum atomic E-state index is 12.9. The van der Waals surface area contributed by atoms with Crippen molar-refractivity contribution in [1.82, 2.24) is 0 Å². The molecular formula is C24H28O5. The molecule has 0 aliphatic carbocycles. The Morgan fingerprint density at radius 3 is 2.34 bits per heavy atom. The maximum absolute atomic E-state index is 12.9. The summed E-state index contributed by atoms with van der Waals surface area (Å²) in [6, 6.07) is 13.2. The molecule has 154 valence electrons. The Balaban J connectivity index is 2.44. The summed E-state index contributed by atoms with van der Waals surface area (Å²) in [5.74, 6) is -1.79. The summed E-state index contributed by atoms with van der Waals surface area (Å²) >= 11 is 0. The van der Waals surface area contributed by atoms with Crippen molar-refractivity contribution in [2.45, 2.75) is 46.6 Å². The van der Waals surface area contributed by atoms with Crippen LogP contribution in [0.4, 0.5) is 0 Å². The molecule has 0 saturated heterocycles. The standard InChI is InChI=1S/C24H28O5/c1-6-28-23(27)21(26)14-20(25)18-13-19(24(3,4)5)16(2)12-22(18)29-15-17-10-8-7-9-11-17/h7-14,26H,6,15H2,1-5H3/b21-14-. The van der Waals surface area contributed by atoms with Crippen LogP contribution in [0.5, 0.6) is 5.75 Å². The molecule has 0 aromatic heterocycles. The maximum Gasteiger partial charge on any atom is 0.373 e. The van der Waals surface area contributed by atoms with E-state index in [-0.39, 0.29) is 17.6 Å². The highest BCUT2D eigenvalue weighted by atomic mass is 16.5. The van der Waals surface area contributed by atoms with Crippen molar-refractivity contribution in [2.24, 2.45) is 0 Å². The van der Waals surface area contributed by atoms with Gasteiger partial charge in [0.2, 0.25) is 5.76 Å². The Bertz CT molecular complexity index is 905. The first-order valence-electron chi connectivity index (χ1n) is 9.57. The molecule has 2 aromatic rings. The third-order valence-corrected chi connectivity index (χ3v) is 4.39. The molecule has 5 heteroatoms. The summed E-state index contributed by atoms with van der Waals surface area (Å²) < 4.78 is 10.7. The van der Waals surface area contributed by atoms with Crippen LogP contribution in [0.3, 0.4) is 0 Å². The van der Waals surface area contributed by atoms with Crippen LogP contribution < -0.4 is 4.74 Å². The highest BCUT2D eigenvalue weighted by Crippen LogP contribution is 2.32. The Labute approximate surface area is 172 Å². The molecule has 0 radical (unpaired) electrons. The highest BCUT2D eigenvalue weighted by molar-refractivity contribution is 6.09. The van der Waals surface area contributed by atoms with Gasteiger partial charge in [-0.3, -0.25) is 4.79 Å². The Hall–Kier alpha value is -3.08. The minimum absolute atomic E-state index is 0.106. The number of hydrogen-bond donors (Lipinski definition) is 1. The lowest BCUT2D eigenvalue weighted by atomic mass is 9.82. The second-order valence-corrected chi connectivity index (χ2v) is 7.80. The van der Waals surface area contributed by atoms with Crippen molar-refractivity contribution in [3.05, 3.63) is 76.6 Å². The second-order valence-electron chi connectivity index (χ2n) is 7.80. The topological polar surface area (TPSA) is 72.8 Å². The van der Waals surface area contributed by atoms with E-state index in [2.05, 4.69) is 20.8 Å². The Morgan fingerprint density at radius 1 is 1.10 bits per heavy atom. The third-order valence-electron chi connectivity index (χ3n) is 4.39. The van der Waals surface area contributed by atoms with Gasteiger partial charge in [-0.1, -0.05) is 51.1 Å². The number of aryl methyl sites for hydroxylation is 1. The largest absolute Gasteiger partial charge is 0.502 e. The molecule has 5 nitrogen and oxygen atoms in total. The van der Waals surface area contributed by atoms with E-state index in [0.717, 1.165) is 22.8 Å². The number of esters is 1. The number of ether oxygens (including phenoxy) is 2. The summed E-state index contributed by atoms with van der Waals surface area (Å²) in [5, 5.41) is 9.89. The molecule has 2 rings (SSSR count). The second kappa shape index (κ2) is 9.41. The number of aliphatic hydroxyl groups is 1. The molecule has 0 spiro atoms. The van der Waals surface area contributed by atoms with Crippen LogP contribution in [0.1, 0.15) is 54.7 Å². The SMILES string of the molecule is CCOC(=O)/C(O)=C/C(=O)c1cc(C(C)(C)C)c(C)cc1OCc1ccccc1. The van der Waals surface area contributed by atoms with Crippen molar-refractivity contribution in [3.8, 4) is 5.75 Å². The lowest BCUT2D eigenvalue weighted by Crippen LogP contribution is -2.16. The van der Waals surface area contributed by atoms with Gasteiger partial charge < -0.3 is 14.6 Å². The quantitative estimate of drug-likeness (QED) is 0.306. The van der Waals surface area contributed by atoms with E-state index in [9.17, 15) is 14.7 Å². The number of ketones is 1. The van der Waals surface area contributed by atoms with Crippen molar-refractivity contribution < 1.29 is 24.2 Å². The molecular weight excluding hydrogens is 368 g/mol. The zero-order valence-electron chi connectivity index (χ0n) is 17.6. The highest BCUT2D eigenvalue weighted by Gasteiger charge is 2.22. The molecule has 1 N–H and O–H groups in total. The number of aliphatic hydroxyl groups excluding tert-OH is 1. The van der Waals surface area contributed by atoms with Crippen LogP contribution in [0.2, 0.25) is 0 Å². The first-order chi connectivity index (χ1) is 13.6. The minimum atomic E-state index is -0.934. The predicted octanol–water partition coefficient (Wildman–Crippen LogP) is 5.06. The first kappa shape index (κ1) is 22.2. The average Bonchev–Trinajstić information content (AvgIpc) is 2.66. The fraction of sp³-hybridized carbons (Fsp3) is 0.333. The summed E-state index contributed by atoms with van der Waals surface area (Å²) in [4.78, 5) is 24.5. The number of benzene rings is 2. The number of hydrogen-bond acceptors (Lipinski definition) is 5. The van der Waals surface area contributed by atoms with Gasteiger partial charge in [0.15, 0.2) is 5.78 Å². The Kier molecular flexibility index (Phi) is 7.21. The van der Waals surface area contributed by atoms with Crippen molar-refractivity contribution in [2.75, 3.05) is 6.61 Å². The van der Waals surface area contributed by atoms with Gasteiger partial charge in [0, 0.05) is 6.08 Å². The summed E-state index contributed by atoms with van der Waals surface area (Å²) in [6.45, 7) is 10.2. The molecule has 0 aliphatic rings. The van der Waals surface area contributed by atoms with Crippen LogP contribution in [-0.2, 0) is 21.6 Å². The van der Waals surface area contributed by atoms with E-state index in [1.165, 1.54) is 0 Å². The summed E-state index contributed by atoms with van der Waals surface area (Å²) in [6.07, 6.45) is 0.879. The van der Waals surface area contributed by atoms with E-state index in [0.29, 0.717) is 12.4 Å². The van der Waals surface area contributed by atoms with Gasteiger partial charge in [-0.2, -0.15) is 0 Å². The normalized spacial score (nSPS) is 11.8. The van der Waals surface area contributed by atoms with Crippen molar-refractivity contribution in [1.29, 1.82) is 0 Å². The van der Waals surface area contributed by atoms with Gasteiger partial charge in [0.1, 0.15) is 12.4 Å². The van der Waals surface area contributed by atoms with Crippen molar-refractivity contribution >= 4 is 11.8 Å². The predicted molar refractivity (Wildman–Crippen MR) is 112 cm³/mol. The molecule has 0 fully saturated rings. The zero-order valence-corrected chi connectivity index (χ0v) is 17.6. The number of rotatable bonds is 7. The molecule has 0 aliphatic heterocycles. The van der Waals surface area contributed by atoms with E-state index < -0.39 is 17.5 Å². The smallest absolute Gasteiger partial charge is 0.373 e. The molecule has 0 unspecified atom stereocenters. The third kappa shape index (κ3) is 5.95. The molecule has 0 saturated carbocycles. The van der Waals surface area contributed by atoms with Gasteiger partial charge in [-0.15, -0.1) is 0 Å².